The molecular formula is C14H10ClIO2S. The summed E-state index contributed by atoms with van der Waals surface area (Å²) in [4.78, 5) is 12.7. The molecule has 0 spiro atoms. The molecule has 2 nitrogen and oxygen atoms in total. The predicted molar refractivity (Wildman–Crippen MR) is 86.1 cm³/mol. The first-order valence-corrected chi connectivity index (χ1v) is 7.75. The van der Waals surface area contributed by atoms with Gasteiger partial charge in [-0.15, -0.1) is 0 Å². The fourth-order valence-electron chi connectivity index (χ4n) is 1.53. The lowest BCUT2D eigenvalue weighted by molar-refractivity contribution is -0.136. The van der Waals surface area contributed by atoms with Crippen molar-refractivity contribution in [1.82, 2.24) is 0 Å². The highest BCUT2D eigenvalue weighted by Gasteiger charge is 2.03. The average molecular weight is 405 g/mol. The summed E-state index contributed by atoms with van der Waals surface area (Å²) in [5.41, 5.74) is 0.803. The highest BCUT2D eigenvalue weighted by molar-refractivity contribution is 14.1. The van der Waals surface area contributed by atoms with Crippen molar-refractivity contribution >= 4 is 51.9 Å². The normalized spacial score (nSPS) is 10.4. The SMILES string of the molecule is O=C(O)Cc1ccc(Sc2ccc(I)c(Cl)c2)cc1. The summed E-state index contributed by atoms with van der Waals surface area (Å²) in [5, 5.41) is 9.45. The minimum Gasteiger partial charge on any atom is -0.481 e. The van der Waals surface area contributed by atoms with Crippen molar-refractivity contribution < 1.29 is 9.90 Å². The number of benzene rings is 2. The lowest BCUT2D eigenvalue weighted by atomic mass is 10.2. The molecule has 98 valence electrons. The summed E-state index contributed by atoms with van der Waals surface area (Å²) < 4.78 is 1.03. The second kappa shape index (κ2) is 6.63. The number of halogens is 2. The Balaban J connectivity index is 2.10. The summed E-state index contributed by atoms with van der Waals surface area (Å²) in [6.07, 6.45) is 0.0559. The molecule has 0 saturated heterocycles. The fraction of sp³-hybridized carbons (Fsp3) is 0.0714. The third-order valence-corrected chi connectivity index (χ3v) is 4.98. The number of hydrogen-bond donors (Lipinski definition) is 1. The van der Waals surface area contributed by atoms with E-state index in [1.165, 1.54) is 0 Å². The van der Waals surface area contributed by atoms with E-state index in [9.17, 15) is 4.79 Å². The van der Waals surface area contributed by atoms with Gasteiger partial charge in [0.05, 0.1) is 11.4 Å². The van der Waals surface area contributed by atoms with Gasteiger partial charge in [0.15, 0.2) is 0 Å². The maximum atomic E-state index is 10.6. The van der Waals surface area contributed by atoms with E-state index < -0.39 is 5.97 Å². The van der Waals surface area contributed by atoms with Gasteiger partial charge < -0.3 is 5.11 Å². The van der Waals surface area contributed by atoms with E-state index in [1.54, 1.807) is 11.8 Å². The first-order chi connectivity index (χ1) is 9.04. The van der Waals surface area contributed by atoms with E-state index >= 15 is 0 Å². The molecule has 0 atom stereocenters. The molecule has 19 heavy (non-hydrogen) atoms. The van der Waals surface area contributed by atoms with Crippen molar-refractivity contribution in [3.8, 4) is 0 Å². The summed E-state index contributed by atoms with van der Waals surface area (Å²) >= 11 is 9.87. The predicted octanol–water partition coefficient (Wildman–Crippen LogP) is 4.72. The Hall–Kier alpha value is -0.720. The molecule has 2 aromatic rings. The van der Waals surface area contributed by atoms with Crippen molar-refractivity contribution in [2.24, 2.45) is 0 Å². The zero-order chi connectivity index (χ0) is 13.8. The molecule has 2 rings (SSSR count). The largest absolute Gasteiger partial charge is 0.481 e. The molecule has 0 bridgehead atoms. The second-order valence-electron chi connectivity index (χ2n) is 3.89. The number of carbonyl (C=O) groups is 1. The van der Waals surface area contributed by atoms with Crippen LogP contribution in [0.3, 0.4) is 0 Å². The van der Waals surface area contributed by atoms with Crippen LogP contribution in [0.15, 0.2) is 52.3 Å². The number of carboxylic acids is 1. The van der Waals surface area contributed by atoms with Gasteiger partial charge in [-0.1, -0.05) is 35.5 Å². The quantitative estimate of drug-likeness (QED) is 0.749. The Morgan fingerprint density at radius 3 is 2.37 bits per heavy atom. The molecule has 0 amide bonds. The van der Waals surface area contributed by atoms with Crippen LogP contribution in [-0.2, 0) is 11.2 Å². The molecular weight excluding hydrogens is 395 g/mol. The van der Waals surface area contributed by atoms with Crippen LogP contribution in [0.25, 0.3) is 0 Å². The molecule has 2 aromatic carbocycles. The molecule has 0 heterocycles. The van der Waals surface area contributed by atoms with Gasteiger partial charge >= 0.3 is 5.97 Å². The van der Waals surface area contributed by atoms with Crippen molar-refractivity contribution in [1.29, 1.82) is 0 Å². The first-order valence-electron chi connectivity index (χ1n) is 5.48. The van der Waals surface area contributed by atoms with Crippen LogP contribution in [-0.4, -0.2) is 11.1 Å². The van der Waals surface area contributed by atoms with Crippen LogP contribution < -0.4 is 0 Å². The zero-order valence-corrected chi connectivity index (χ0v) is 13.5. The number of aliphatic carboxylic acids is 1. The van der Waals surface area contributed by atoms with Crippen LogP contribution in [0.1, 0.15) is 5.56 Å². The molecule has 0 aliphatic heterocycles. The monoisotopic (exact) mass is 404 g/mol. The van der Waals surface area contributed by atoms with E-state index in [4.69, 9.17) is 16.7 Å². The van der Waals surface area contributed by atoms with Crippen LogP contribution in [0.2, 0.25) is 5.02 Å². The van der Waals surface area contributed by atoms with Gasteiger partial charge in [0, 0.05) is 13.4 Å². The average Bonchev–Trinajstić information content (AvgIpc) is 2.36. The summed E-state index contributed by atoms with van der Waals surface area (Å²) in [6.45, 7) is 0. The first kappa shape index (κ1) is 14.7. The lowest BCUT2D eigenvalue weighted by Crippen LogP contribution is -1.99. The van der Waals surface area contributed by atoms with Crippen LogP contribution in [0.4, 0.5) is 0 Å². The second-order valence-corrected chi connectivity index (χ2v) is 6.61. The van der Waals surface area contributed by atoms with E-state index in [-0.39, 0.29) is 6.42 Å². The Labute approximate surface area is 134 Å². The van der Waals surface area contributed by atoms with E-state index in [0.717, 1.165) is 23.9 Å². The van der Waals surface area contributed by atoms with Gasteiger partial charge in [0.25, 0.3) is 0 Å². The Morgan fingerprint density at radius 1 is 1.16 bits per heavy atom. The van der Waals surface area contributed by atoms with Crippen LogP contribution in [0, 0.1) is 3.57 Å². The molecule has 5 heteroatoms. The van der Waals surface area contributed by atoms with Crippen molar-refractivity contribution in [3.05, 3.63) is 56.6 Å². The zero-order valence-electron chi connectivity index (χ0n) is 9.77. The standard InChI is InChI=1S/C14H10ClIO2S/c15-12-8-11(5-6-13(12)16)19-10-3-1-9(2-4-10)7-14(17)18/h1-6,8H,7H2,(H,17,18). The van der Waals surface area contributed by atoms with Crippen LogP contribution in [0.5, 0.6) is 0 Å². The summed E-state index contributed by atoms with van der Waals surface area (Å²) in [6, 6.07) is 13.5. The van der Waals surface area contributed by atoms with Gasteiger partial charge in [-0.2, -0.15) is 0 Å². The Bertz CT molecular complexity index is 599. The molecule has 0 fully saturated rings. The van der Waals surface area contributed by atoms with Crippen molar-refractivity contribution in [3.63, 3.8) is 0 Å². The number of hydrogen-bond acceptors (Lipinski definition) is 2. The van der Waals surface area contributed by atoms with Crippen molar-refractivity contribution in [2.75, 3.05) is 0 Å². The molecule has 0 saturated carbocycles. The van der Waals surface area contributed by atoms with Gasteiger partial charge in [-0.25, -0.2) is 0 Å². The smallest absolute Gasteiger partial charge is 0.307 e. The van der Waals surface area contributed by atoms with E-state index in [0.29, 0.717) is 0 Å². The molecule has 0 unspecified atom stereocenters. The van der Waals surface area contributed by atoms with E-state index in [1.807, 2.05) is 42.5 Å². The van der Waals surface area contributed by atoms with Crippen LogP contribution >= 0.6 is 46.0 Å². The van der Waals surface area contributed by atoms with Gasteiger partial charge in [-0.05, 0) is 58.5 Å². The Kier molecular flexibility index (Phi) is 5.13. The maximum absolute atomic E-state index is 10.6. The highest BCUT2D eigenvalue weighted by Crippen LogP contribution is 2.31. The third kappa shape index (κ3) is 4.40. The molecule has 0 aliphatic carbocycles. The number of carboxylic acid groups (broad SMARTS) is 1. The van der Waals surface area contributed by atoms with Gasteiger partial charge in [0.2, 0.25) is 0 Å². The highest BCUT2D eigenvalue weighted by atomic mass is 127. The Morgan fingerprint density at radius 2 is 1.79 bits per heavy atom. The van der Waals surface area contributed by atoms with Crippen molar-refractivity contribution in [2.45, 2.75) is 16.2 Å². The third-order valence-electron chi connectivity index (χ3n) is 2.41. The molecule has 1 N–H and O–H groups in total. The minimum absolute atomic E-state index is 0.0559. The molecule has 0 aromatic heterocycles. The maximum Gasteiger partial charge on any atom is 0.307 e. The van der Waals surface area contributed by atoms with Gasteiger partial charge in [0.1, 0.15) is 0 Å². The fourth-order valence-corrected chi connectivity index (χ4v) is 2.96. The topological polar surface area (TPSA) is 37.3 Å². The summed E-state index contributed by atoms with van der Waals surface area (Å²) in [5.74, 6) is -0.815. The number of rotatable bonds is 4. The minimum atomic E-state index is -0.815. The molecule has 0 aliphatic rings. The molecule has 0 radical (unpaired) electrons. The van der Waals surface area contributed by atoms with Gasteiger partial charge in [-0.3, -0.25) is 4.79 Å². The van der Waals surface area contributed by atoms with E-state index in [2.05, 4.69) is 22.6 Å². The lowest BCUT2D eigenvalue weighted by Gasteiger charge is -2.04. The summed E-state index contributed by atoms with van der Waals surface area (Å²) in [7, 11) is 0.